The number of carbonyl (C=O) groups excluding carboxylic acids is 2. The van der Waals surface area contributed by atoms with E-state index in [-0.39, 0.29) is 24.7 Å². The summed E-state index contributed by atoms with van der Waals surface area (Å²) in [6, 6.07) is 7.97. The molecule has 1 aromatic carbocycles. The molecule has 0 radical (unpaired) electrons. The standard InChI is InChI=1S/C24H32N4O3/c1-17-7-9-27(10-8-17)22-15-18(2)20-16-19(3-4-21(20)26-22)25-23(29)5-6-24(30)28-11-13-31-14-12-28/h3-4,15-17H,5-14H2,1-2H3,(H,25,29). The maximum Gasteiger partial charge on any atom is 0.224 e. The van der Waals surface area contributed by atoms with Gasteiger partial charge in [0.05, 0.1) is 18.7 Å². The first-order valence-corrected chi connectivity index (χ1v) is 11.3. The Morgan fingerprint density at radius 3 is 2.58 bits per heavy atom. The van der Waals surface area contributed by atoms with Gasteiger partial charge >= 0.3 is 0 Å². The predicted octanol–water partition coefficient (Wildman–Crippen LogP) is 3.36. The van der Waals surface area contributed by atoms with Crippen molar-refractivity contribution in [2.45, 2.75) is 39.5 Å². The lowest BCUT2D eigenvalue weighted by Gasteiger charge is -2.31. The number of fused-ring (bicyclic) bond motifs is 1. The van der Waals surface area contributed by atoms with Gasteiger partial charge in [0.1, 0.15) is 5.82 Å². The number of rotatable bonds is 5. The summed E-state index contributed by atoms with van der Waals surface area (Å²) in [6.45, 7) is 8.86. The van der Waals surface area contributed by atoms with Crippen molar-refractivity contribution in [2.75, 3.05) is 49.6 Å². The fraction of sp³-hybridized carbons (Fsp3) is 0.542. The molecule has 0 bridgehead atoms. The lowest BCUT2D eigenvalue weighted by molar-refractivity contribution is -0.136. The number of aryl methyl sites for hydroxylation is 1. The number of morpholine rings is 1. The fourth-order valence-corrected chi connectivity index (χ4v) is 4.27. The summed E-state index contributed by atoms with van der Waals surface area (Å²) in [5.41, 5.74) is 2.83. The van der Waals surface area contributed by atoms with Gasteiger partial charge in [0.25, 0.3) is 0 Å². The predicted molar refractivity (Wildman–Crippen MR) is 122 cm³/mol. The number of hydrogen-bond acceptors (Lipinski definition) is 5. The third kappa shape index (κ3) is 5.34. The van der Waals surface area contributed by atoms with Crippen molar-refractivity contribution in [3.63, 3.8) is 0 Å². The van der Waals surface area contributed by atoms with Crippen LogP contribution in [-0.4, -0.2) is 61.1 Å². The molecule has 0 atom stereocenters. The topological polar surface area (TPSA) is 74.8 Å². The molecule has 2 aromatic rings. The van der Waals surface area contributed by atoms with E-state index in [0.29, 0.717) is 26.3 Å². The van der Waals surface area contributed by atoms with Crippen LogP contribution in [0.3, 0.4) is 0 Å². The summed E-state index contributed by atoms with van der Waals surface area (Å²) in [4.78, 5) is 33.6. The Morgan fingerprint density at radius 1 is 1.10 bits per heavy atom. The Balaban J connectivity index is 1.38. The van der Waals surface area contributed by atoms with Crippen LogP contribution >= 0.6 is 0 Å². The summed E-state index contributed by atoms with van der Waals surface area (Å²) in [5.74, 6) is 1.69. The van der Waals surface area contributed by atoms with E-state index in [2.05, 4.69) is 30.1 Å². The van der Waals surface area contributed by atoms with Crippen LogP contribution in [0.15, 0.2) is 24.3 Å². The van der Waals surface area contributed by atoms with Crippen LogP contribution in [0, 0.1) is 12.8 Å². The second-order valence-corrected chi connectivity index (χ2v) is 8.74. The van der Waals surface area contributed by atoms with E-state index in [1.807, 2.05) is 18.2 Å². The molecule has 166 valence electrons. The lowest BCUT2D eigenvalue weighted by atomic mass is 9.99. The Labute approximate surface area is 183 Å². The molecule has 0 unspecified atom stereocenters. The van der Waals surface area contributed by atoms with Crippen LogP contribution in [0.4, 0.5) is 11.5 Å². The molecule has 2 fully saturated rings. The maximum absolute atomic E-state index is 12.4. The van der Waals surface area contributed by atoms with Gasteiger partial charge < -0.3 is 19.9 Å². The first kappa shape index (κ1) is 21.6. The Bertz CT molecular complexity index is 947. The molecule has 2 saturated heterocycles. The zero-order valence-electron chi connectivity index (χ0n) is 18.5. The zero-order chi connectivity index (χ0) is 21.8. The third-order valence-electron chi connectivity index (χ3n) is 6.32. The molecule has 2 aliphatic heterocycles. The van der Waals surface area contributed by atoms with Gasteiger partial charge in [-0.25, -0.2) is 4.98 Å². The smallest absolute Gasteiger partial charge is 0.224 e. The van der Waals surface area contributed by atoms with Crippen molar-refractivity contribution in [1.29, 1.82) is 0 Å². The molecule has 1 aromatic heterocycles. The SMILES string of the molecule is Cc1cc(N2CCC(C)CC2)nc2ccc(NC(=O)CCC(=O)N3CCOCC3)cc12. The molecule has 4 rings (SSSR count). The second kappa shape index (κ2) is 9.64. The van der Waals surface area contributed by atoms with Crippen LogP contribution in [0.25, 0.3) is 10.9 Å². The average molecular weight is 425 g/mol. The average Bonchev–Trinajstić information content (AvgIpc) is 2.79. The van der Waals surface area contributed by atoms with Gasteiger partial charge in [-0.05, 0) is 55.5 Å². The molecule has 0 saturated carbocycles. The number of amides is 2. The van der Waals surface area contributed by atoms with Gasteiger partial charge in [0, 0.05) is 50.1 Å². The van der Waals surface area contributed by atoms with E-state index in [0.717, 1.165) is 47.0 Å². The normalized spacial score (nSPS) is 17.7. The number of carbonyl (C=O) groups is 2. The van der Waals surface area contributed by atoms with Gasteiger partial charge in [0.2, 0.25) is 11.8 Å². The van der Waals surface area contributed by atoms with Crippen molar-refractivity contribution >= 4 is 34.2 Å². The number of nitrogens with one attached hydrogen (secondary N) is 1. The number of pyridine rings is 1. The van der Waals surface area contributed by atoms with Crippen molar-refractivity contribution in [3.05, 3.63) is 29.8 Å². The Morgan fingerprint density at radius 2 is 1.84 bits per heavy atom. The number of anilines is 2. The van der Waals surface area contributed by atoms with E-state index in [4.69, 9.17) is 9.72 Å². The minimum Gasteiger partial charge on any atom is -0.378 e. The summed E-state index contributed by atoms with van der Waals surface area (Å²) >= 11 is 0. The van der Waals surface area contributed by atoms with Crippen molar-refractivity contribution < 1.29 is 14.3 Å². The highest BCUT2D eigenvalue weighted by Gasteiger charge is 2.19. The van der Waals surface area contributed by atoms with Gasteiger partial charge in [-0.1, -0.05) is 6.92 Å². The highest BCUT2D eigenvalue weighted by atomic mass is 16.5. The minimum absolute atomic E-state index is 0.0108. The number of benzene rings is 1. The van der Waals surface area contributed by atoms with E-state index >= 15 is 0 Å². The Hall–Kier alpha value is -2.67. The van der Waals surface area contributed by atoms with E-state index in [1.54, 1.807) is 4.90 Å². The molecular weight excluding hydrogens is 392 g/mol. The van der Waals surface area contributed by atoms with Crippen molar-refractivity contribution in [2.24, 2.45) is 5.92 Å². The molecule has 31 heavy (non-hydrogen) atoms. The van der Waals surface area contributed by atoms with E-state index < -0.39 is 0 Å². The van der Waals surface area contributed by atoms with Gasteiger partial charge in [0.15, 0.2) is 0 Å². The van der Waals surface area contributed by atoms with Crippen molar-refractivity contribution in [3.8, 4) is 0 Å². The molecule has 7 nitrogen and oxygen atoms in total. The molecule has 0 spiro atoms. The molecule has 7 heteroatoms. The first-order chi connectivity index (χ1) is 15.0. The third-order valence-corrected chi connectivity index (χ3v) is 6.32. The van der Waals surface area contributed by atoms with Crippen molar-refractivity contribution in [1.82, 2.24) is 9.88 Å². The van der Waals surface area contributed by atoms with Gasteiger partial charge in [-0.15, -0.1) is 0 Å². The number of aromatic nitrogens is 1. The highest BCUT2D eigenvalue weighted by Crippen LogP contribution is 2.28. The number of nitrogens with zero attached hydrogens (tertiary/aromatic N) is 3. The summed E-state index contributed by atoms with van der Waals surface area (Å²) < 4.78 is 5.26. The highest BCUT2D eigenvalue weighted by molar-refractivity contribution is 5.96. The van der Waals surface area contributed by atoms with Crippen LogP contribution in [0.1, 0.15) is 38.2 Å². The lowest BCUT2D eigenvalue weighted by Crippen LogP contribution is -2.40. The van der Waals surface area contributed by atoms with Crippen LogP contribution < -0.4 is 10.2 Å². The largest absolute Gasteiger partial charge is 0.378 e. The fourth-order valence-electron chi connectivity index (χ4n) is 4.27. The van der Waals surface area contributed by atoms with Gasteiger partial charge in [-0.3, -0.25) is 9.59 Å². The van der Waals surface area contributed by atoms with Crippen LogP contribution in [0.5, 0.6) is 0 Å². The van der Waals surface area contributed by atoms with E-state index in [9.17, 15) is 9.59 Å². The molecule has 0 aliphatic carbocycles. The zero-order valence-corrected chi connectivity index (χ0v) is 18.5. The summed E-state index contributed by atoms with van der Waals surface area (Å²) in [7, 11) is 0. The van der Waals surface area contributed by atoms with Crippen LogP contribution in [0.2, 0.25) is 0 Å². The second-order valence-electron chi connectivity index (χ2n) is 8.74. The van der Waals surface area contributed by atoms with Crippen LogP contribution in [-0.2, 0) is 14.3 Å². The summed E-state index contributed by atoms with van der Waals surface area (Å²) in [5, 5.41) is 3.97. The molecule has 2 aliphatic rings. The molecule has 1 N–H and O–H groups in total. The quantitative estimate of drug-likeness (QED) is 0.797. The van der Waals surface area contributed by atoms with E-state index in [1.165, 1.54) is 12.8 Å². The van der Waals surface area contributed by atoms with Gasteiger partial charge in [-0.2, -0.15) is 0 Å². The number of hydrogen-bond donors (Lipinski definition) is 1. The monoisotopic (exact) mass is 424 g/mol. The minimum atomic E-state index is -0.148. The molecular formula is C24H32N4O3. The first-order valence-electron chi connectivity index (χ1n) is 11.3. The maximum atomic E-state index is 12.4. The summed E-state index contributed by atoms with van der Waals surface area (Å²) in [6.07, 6.45) is 2.81. The molecule has 3 heterocycles. The number of ether oxygens (including phenoxy) is 1. The molecule has 2 amide bonds. The number of piperidine rings is 1. The Kier molecular flexibility index (Phi) is 6.70.